The summed E-state index contributed by atoms with van der Waals surface area (Å²) >= 11 is 0. The molecule has 2 atom stereocenters. The summed E-state index contributed by atoms with van der Waals surface area (Å²) in [6, 6.07) is 0.266. The molecule has 2 unspecified atom stereocenters. The average Bonchev–Trinajstić information content (AvgIpc) is 2.97. The van der Waals surface area contributed by atoms with Gasteiger partial charge in [0.25, 0.3) is 0 Å². The van der Waals surface area contributed by atoms with Gasteiger partial charge in [-0.2, -0.15) is 0 Å². The van der Waals surface area contributed by atoms with Crippen LogP contribution in [0.15, 0.2) is 0 Å². The van der Waals surface area contributed by atoms with E-state index in [4.69, 9.17) is 4.74 Å². The van der Waals surface area contributed by atoms with Crippen molar-refractivity contribution in [2.24, 2.45) is 0 Å². The summed E-state index contributed by atoms with van der Waals surface area (Å²) in [5.41, 5.74) is -0.349. The van der Waals surface area contributed by atoms with Crippen LogP contribution in [0, 0.1) is 0 Å². The quantitative estimate of drug-likeness (QED) is 0.814. The smallest absolute Gasteiger partial charge is 0.240 e. The molecule has 0 radical (unpaired) electrons. The summed E-state index contributed by atoms with van der Waals surface area (Å²) in [5, 5.41) is 6.71. The summed E-state index contributed by atoms with van der Waals surface area (Å²) in [5.74, 6) is 0.200. The number of amides is 1. The third-order valence-electron chi connectivity index (χ3n) is 5.40. The van der Waals surface area contributed by atoms with Gasteiger partial charge in [0, 0.05) is 12.6 Å². The molecule has 4 heteroatoms. The topological polar surface area (TPSA) is 50.4 Å². The van der Waals surface area contributed by atoms with Crippen LogP contribution in [-0.4, -0.2) is 36.2 Å². The first kappa shape index (κ1) is 15.8. The van der Waals surface area contributed by atoms with Crippen LogP contribution < -0.4 is 10.6 Å². The lowest BCUT2D eigenvalue weighted by molar-refractivity contribution is -0.131. The van der Waals surface area contributed by atoms with Crippen LogP contribution in [0.25, 0.3) is 0 Å². The van der Waals surface area contributed by atoms with Crippen LogP contribution in [-0.2, 0) is 9.53 Å². The Morgan fingerprint density at radius 2 is 2.05 bits per heavy atom. The maximum absolute atomic E-state index is 12.6. The highest BCUT2D eigenvalue weighted by Gasteiger charge is 2.41. The fourth-order valence-electron chi connectivity index (χ4n) is 3.68. The van der Waals surface area contributed by atoms with Crippen molar-refractivity contribution in [3.8, 4) is 0 Å². The number of hydrogen-bond acceptors (Lipinski definition) is 3. The number of nitrogens with one attached hydrogen (secondary N) is 2. The molecular weight excluding hydrogens is 252 g/mol. The van der Waals surface area contributed by atoms with Crippen molar-refractivity contribution in [1.29, 1.82) is 0 Å². The Morgan fingerprint density at radius 1 is 1.30 bits per heavy atom. The van der Waals surface area contributed by atoms with Crippen LogP contribution in [0.3, 0.4) is 0 Å². The van der Waals surface area contributed by atoms with Crippen molar-refractivity contribution in [2.75, 3.05) is 13.2 Å². The van der Waals surface area contributed by atoms with E-state index in [1.165, 1.54) is 0 Å². The van der Waals surface area contributed by atoms with E-state index in [1.54, 1.807) is 0 Å². The van der Waals surface area contributed by atoms with Crippen molar-refractivity contribution in [1.82, 2.24) is 10.6 Å². The molecule has 1 amide bonds. The van der Waals surface area contributed by atoms with Crippen molar-refractivity contribution in [3.63, 3.8) is 0 Å². The SMILES string of the molecule is CCC1(CC)CC(NC(=O)C2(CC)CCCN2)CCO1. The zero-order chi connectivity index (χ0) is 14.6. The van der Waals surface area contributed by atoms with Crippen LogP contribution in [0.2, 0.25) is 0 Å². The first-order chi connectivity index (χ1) is 9.60. The molecule has 2 aliphatic rings. The molecule has 2 heterocycles. The van der Waals surface area contributed by atoms with Gasteiger partial charge in [-0.15, -0.1) is 0 Å². The molecule has 2 saturated heterocycles. The molecule has 116 valence electrons. The van der Waals surface area contributed by atoms with E-state index in [9.17, 15) is 4.79 Å². The minimum absolute atomic E-state index is 0.0291. The van der Waals surface area contributed by atoms with Gasteiger partial charge in [-0.05, 0) is 51.5 Å². The zero-order valence-electron chi connectivity index (χ0n) is 13.3. The monoisotopic (exact) mass is 282 g/mol. The maximum Gasteiger partial charge on any atom is 0.240 e. The van der Waals surface area contributed by atoms with Crippen LogP contribution in [0.1, 0.15) is 65.7 Å². The average molecular weight is 282 g/mol. The minimum atomic E-state index is -0.320. The summed E-state index contributed by atoms with van der Waals surface area (Å²) in [6.07, 6.45) is 6.86. The van der Waals surface area contributed by atoms with Crippen molar-refractivity contribution >= 4 is 5.91 Å². The second-order valence-electron chi connectivity index (χ2n) is 6.37. The van der Waals surface area contributed by atoms with Gasteiger partial charge in [0.1, 0.15) is 0 Å². The second-order valence-corrected chi connectivity index (χ2v) is 6.37. The van der Waals surface area contributed by atoms with E-state index in [2.05, 4.69) is 31.4 Å². The third-order valence-corrected chi connectivity index (χ3v) is 5.40. The van der Waals surface area contributed by atoms with E-state index in [0.29, 0.717) is 0 Å². The van der Waals surface area contributed by atoms with Crippen LogP contribution >= 0.6 is 0 Å². The lowest BCUT2D eigenvalue weighted by Gasteiger charge is -2.41. The van der Waals surface area contributed by atoms with Gasteiger partial charge in [0.05, 0.1) is 11.1 Å². The van der Waals surface area contributed by atoms with Gasteiger partial charge in [0.2, 0.25) is 5.91 Å². The first-order valence-electron chi connectivity index (χ1n) is 8.29. The largest absolute Gasteiger partial charge is 0.375 e. The zero-order valence-corrected chi connectivity index (χ0v) is 13.3. The van der Waals surface area contributed by atoms with Crippen molar-refractivity contribution in [3.05, 3.63) is 0 Å². The molecule has 0 aliphatic carbocycles. The summed E-state index contributed by atoms with van der Waals surface area (Å²) in [6.45, 7) is 8.19. The predicted octanol–water partition coefficient (Wildman–Crippen LogP) is 2.37. The number of rotatable bonds is 5. The van der Waals surface area contributed by atoms with Gasteiger partial charge in [-0.3, -0.25) is 4.79 Å². The number of carbonyl (C=O) groups excluding carboxylic acids is 1. The summed E-state index contributed by atoms with van der Waals surface area (Å²) in [7, 11) is 0. The minimum Gasteiger partial charge on any atom is -0.375 e. The second kappa shape index (κ2) is 6.44. The molecule has 2 aliphatic heterocycles. The lowest BCUT2D eigenvalue weighted by Crippen LogP contribution is -2.57. The Balaban J connectivity index is 1.97. The van der Waals surface area contributed by atoms with E-state index < -0.39 is 0 Å². The van der Waals surface area contributed by atoms with Gasteiger partial charge in [0.15, 0.2) is 0 Å². The van der Waals surface area contributed by atoms with Gasteiger partial charge in [-0.25, -0.2) is 0 Å². The van der Waals surface area contributed by atoms with E-state index >= 15 is 0 Å². The van der Waals surface area contributed by atoms with Gasteiger partial charge >= 0.3 is 0 Å². The first-order valence-corrected chi connectivity index (χ1v) is 8.29. The summed E-state index contributed by atoms with van der Waals surface area (Å²) in [4.78, 5) is 12.6. The number of carbonyl (C=O) groups is 1. The lowest BCUT2D eigenvalue weighted by atomic mass is 9.85. The molecule has 0 spiro atoms. The van der Waals surface area contributed by atoms with Gasteiger partial charge in [-0.1, -0.05) is 20.8 Å². The molecule has 0 aromatic carbocycles. The van der Waals surface area contributed by atoms with E-state index in [0.717, 1.165) is 58.1 Å². The molecule has 2 fully saturated rings. The molecule has 2 N–H and O–H groups in total. The molecule has 0 aromatic rings. The Kier molecular flexibility index (Phi) is 5.08. The Bertz CT molecular complexity index is 333. The molecule has 4 nitrogen and oxygen atoms in total. The molecule has 0 aromatic heterocycles. The Labute approximate surface area is 123 Å². The Morgan fingerprint density at radius 3 is 2.60 bits per heavy atom. The highest BCUT2D eigenvalue weighted by atomic mass is 16.5. The van der Waals surface area contributed by atoms with E-state index in [-0.39, 0.29) is 23.1 Å². The summed E-state index contributed by atoms with van der Waals surface area (Å²) < 4.78 is 5.99. The fourth-order valence-corrected chi connectivity index (χ4v) is 3.68. The molecular formula is C16H30N2O2. The Hall–Kier alpha value is -0.610. The standard InChI is InChI=1S/C16H30N2O2/c1-4-15(5-2)12-13(8-11-20-15)18-14(19)16(6-3)9-7-10-17-16/h13,17H,4-12H2,1-3H3,(H,18,19). The highest BCUT2D eigenvalue weighted by Crippen LogP contribution is 2.32. The normalized spacial score (nSPS) is 33.0. The van der Waals surface area contributed by atoms with Crippen molar-refractivity contribution in [2.45, 2.75) is 82.9 Å². The molecule has 0 bridgehead atoms. The fraction of sp³-hybridized carbons (Fsp3) is 0.938. The van der Waals surface area contributed by atoms with Gasteiger partial charge < -0.3 is 15.4 Å². The predicted molar refractivity (Wildman–Crippen MR) is 80.7 cm³/mol. The number of ether oxygens (including phenoxy) is 1. The van der Waals surface area contributed by atoms with Crippen LogP contribution in [0.4, 0.5) is 0 Å². The van der Waals surface area contributed by atoms with Crippen molar-refractivity contribution < 1.29 is 9.53 Å². The van der Waals surface area contributed by atoms with E-state index in [1.807, 2.05) is 0 Å². The molecule has 0 saturated carbocycles. The third kappa shape index (κ3) is 3.01. The molecule has 2 rings (SSSR count). The molecule has 20 heavy (non-hydrogen) atoms. The van der Waals surface area contributed by atoms with Crippen LogP contribution in [0.5, 0.6) is 0 Å². The highest BCUT2D eigenvalue weighted by molar-refractivity contribution is 5.86. The number of hydrogen-bond donors (Lipinski definition) is 2. The maximum atomic E-state index is 12.6.